The van der Waals surface area contributed by atoms with Gasteiger partial charge in [-0.25, -0.2) is 5.48 Å². The smallest absolute Gasteiger partial charge is 0.323 e. The van der Waals surface area contributed by atoms with Crippen molar-refractivity contribution in [1.29, 1.82) is 0 Å². The van der Waals surface area contributed by atoms with Crippen molar-refractivity contribution in [2.75, 3.05) is 0 Å². The molecule has 2 rings (SSSR count). The highest BCUT2D eigenvalue weighted by atomic mass is 16.5. The van der Waals surface area contributed by atoms with Crippen molar-refractivity contribution in [1.82, 2.24) is 15.8 Å². The maximum Gasteiger partial charge on any atom is 0.323 e. The van der Waals surface area contributed by atoms with Crippen molar-refractivity contribution in [3.63, 3.8) is 0 Å². The van der Waals surface area contributed by atoms with Gasteiger partial charge in [0.25, 0.3) is 5.91 Å². The summed E-state index contributed by atoms with van der Waals surface area (Å²) in [5.74, 6) is -0.403. The molecule has 1 aromatic rings. The van der Waals surface area contributed by atoms with Gasteiger partial charge in [0, 0.05) is 18.8 Å². The first-order valence-electron chi connectivity index (χ1n) is 9.49. The minimum Gasteiger partial charge on any atom is -0.461 e. The average molecular weight is 375 g/mol. The Kier molecular flexibility index (Phi) is 8.42. The van der Waals surface area contributed by atoms with E-state index in [-0.39, 0.29) is 18.1 Å². The molecule has 1 fully saturated rings. The van der Waals surface area contributed by atoms with E-state index in [2.05, 4.69) is 24.1 Å². The number of ether oxygens (including phenoxy) is 1. The highest BCUT2D eigenvalue weighted by molar-refractivity contribution is 5.90. The molecule has 0 bridgehead atoms. The van der Waals surface area contributed by atoms with Gasteiger partial charge < -0.3 is 10.1 Å². The number of aromatic nitrogens is 1. The summed E-state index contributed by atoms with van der Waals surface area (Å²) in [5, 5.41) is 11.7. The van der Waals surface area contributed by atoms with Crippen LogP contribution in [0.15, 0.2) is 24.4 Å². The molecule has 0 aromatic carbocycles. The highest BCUT2D eigenvalue weighted by Gasteiger charge is 2.25. The maximum atomic E-state index is 12.5. The first-order valence-corrected chi connectivity index (χ1v) is 9.49. The summed E-state index contributed by atoms with van der Waals surface area (Å²) in [5.41, 5.74) is 3.05. The summed E-state index contributed by atoms with van der Waals surface area (Å²) in [7, 11) is 0. The van der Waals surface area contributed by atoms with Crippen LogP contribution < -0.4 is 10.8 Å². The Morgan fingerprint density at radius 3 is 2.67 bits per heavy atom. The first-order chi connectivity index (χ1) is 13.0. The predicted octanol–water partition coefficient (Wildman–Crippen LogP) is 2.59. The molecule has 1 aromatic heterocycles. The molecule has 1 aliphatic rings. The lowest BCUT2D eigenvalue weighted by Gasteiger charge is -2.21. The van der Waals surface area contributed by atoms with Crippen LogP contribution in [0.2, 0.25) is 0 Å². The second-order valence-corrected chi connectivity index (χ2v) is 7.31. The molecule has 0 unspecified atom stereocenters. The SMILES string of the molecule is CC(C)C[C@H](NCc1ccc(/C=C/C(=O)NO)nc1)C(=O)OC1CCCC1. The Morgan fingerprint density at radius 1 is 1.33 bits per heavy atom. The number of nitrogens with one attached hydrogen (secondary N) is 2. The second-order valence-electron chi connectivity index (χ2n) is 7.31. The van der Waals surface area contributed by atoms with E-state index in [1.807, 2.05) is 6.07 Å². The fourth-order valence-corrected chi connectivity index (χ4v) is 3.07. The molecule has 1 saturated carbocycles. The molecular formula is C20H29N3O4. The van der Waals surface area contributed by atoms with Gasteiger partial charge in [-0.15, -0.1) is 0 Å². The molecule has 0 radical (unpaired) electrons. The third-order valence-electron chi connectivity index (χ3n) is 4.49. The molecule has 1 atom stereocenters. The molecular weight excluding hydrogens is 346 g/mol. The normalized spacial score (nSPS) is 16.0. The van der Waals surface area contributed by atoms with Crippen LogP contribution >= 0.6 is 0 Å². The second kappa shape index (κ2) is 10.8. The fraction of sp³-hybridized carbons (Fsp3) is 0.550. The number of hydrogen-bond acceptors (Lipinski definition) is 6. The van der Waals surface area contributed by atoms with E-state index in [0.717, 1.165) is 37.7 Å². The molecule has 7 nitrogen and oxygen atoms in total. The summed E-state index contributed by atoms with van der Waals surface area (Å²) in [6.07, 6.45) is 9.37. The summed E-state index contributed by atoms with van der Waals surface area (Å²) < 4.78 is 5.66. The Balaban J connectivity index is 1.90. The fourth-order valence-electron chi connectivity index (χ4n) is 3.07. The number of hydroxylamine groups is 1. The number of carbonyl (C=O) groups excluding carboxylic acids is 2. The topological polar surface area (TPSA) is 101 Å². The zero-order chi connectivity index (χ0) is 19.6. The molecule has 1 heterocycles. The van der Waals surface area contributed by atoms with Crippen LogP contribution in [0.5, 0.6) is 0 Å². The van der Waals surface area contributed by atoms with Gasteiger partial charge in [-0.1, -0.05) is 19.9 Å². The number of pyridine rings is 1. The maximum absolute atomic E-state index is 12.5. The number of rotatable bonds is 9. The quantitative estimate of drug-likeness (QED) is 0.265. The number of hydrogen-bond donors (Lipinski definition) is 3. The third-order valence-corrected chi connectivity index (χ3v) is 4.49. The molecule has 0 saturated heterocycles. The van der Waals surface area contributed by atoms with Gasteiger partial charge >= 0.3 is 5.97 Å². The average Bonchev–Trinajstić information content (AvgIpc) is 3.16. The van der Waals surface area contributed by atoms with Crippen molar-refractivity contribution in [2.24, 2.45) is 5.92 Å². The van der Waals surface area contributed by atoms with E-state index in [0.29, 0.717) is 18.2 Å². The Morgan fingerprint density at radius 2 is 2.07 bits per heavy atom. The minimum atomic E-state index is -0.611. The molecule has 0 spiro atoms. The van der Waals surface area contributed by atoms with Gasteiger partial charge in [0.05, 0.1) is 5.69 Å². The standard InChI is InChI=1S/C20H29N3O4/c1-14(2)11-18(20(25)27-17-5-3-4-6-17)22-13-15-7-8-16(21-12-15)9-10-19(24)23-26/h7-10,12,14,17-18,22,26H,3-6,11,13H2,1-2H3,(H,23,24)/b10-9+/t18-/m0/s1. The molecule has 3 N–H and O–H groups in total. The number of amides is 1. The van der Waals surface area contributed by atoms with Gasteiger partial charge in [0.15, 0.2) is 0 Å². The molecule has 1 amide bonds. The number of carbonyl (C=O) groups is 2. The van der Waals surface area contributed by atoms with Crippen molar-refractivity contribution in [2.45, 2.75) is 64.6 Å². The van der Waals surface area contributed by atoms with Gasteiger partial charge in [0.2, 0.25) is 0 Å². The summed E-state index contributed by atoms with van der Waals surface area (Å²) in [6, 6.07) is 3.32. The molecule has 148 valence electrons. The third kappa shape index (κ3) is 7.48. The van der Waals surface area contributed by atoms with Gasteiger partial charge in [0.1, 0.15) is 12.1 Å². The number of nitrogens with zero attached hydrogens (tertiary/aromatic N) is 1. The Bertz CT molecular complexity index is 637. The van der Waals surface area contributed by atoms with Crippen LogP contribution in [0.25, 0.3) is 6.08 Å². The molecule has 0 aliphatic heterocycles. The largest absolute Gasteiger partial charge is 0.461 e. The Hall–Kier alpha value is -2.25. The van der Waals surface area contributed by atoms with Gasteiger partial charge in [-0.2, -0.15) is 0 Å². The predicted molar refractivity (Wildman–Crippen MR) is 102 cm³/mol. The zero-order valence-corrected chi connectivity index (χ0v) is 16.0. The summed E-state index contributed by atoms with van der Waals surface area (Å²) in [4.78, 5) is 27.7. The number of esters is 1. The minimum absolute atomic E-state index is 0.0674. The van der Waals surface area contributed by atoms with Crippen LogP contribution in [0.1, 0.15) is 57.2 Å². The highest BCUT2D eigenvalue weighted by Crippen LogP contribution is 2.22. The van der Waals surface area contributed by atoms with Crippen LogP contribution in [-0.2, 0) is 20.9 Å². The van der Waals surface area contributed by atoms with Gasteiger partial charge in [-0.05, 0) is 55.7 Å². The molecule has 1 aliphatic carbocycles. The summed E-state index contributed by atoms with van der Waals surface area (Å²) in [6.45, 7) is 4.68. The van der Waals surface area contributed by atoms with Crippen LogP contribution in [0.4, 0.5) is 0 Å². The van der Waals surface area contributed by atoms with Crippen molar-refractivity contribution in [3.8, 4) is 0 Å². The summed E-state index contributed by atoms with van der Waals surface area (Å²) >= 11 is 0. The van der Waals surface area contributed by atoms with Crippen molar-refractivity contribution in [3.05, 3.63) is 35.7 Å². The van der Waals surface area contributed by atoms with Crippen LogP contribution in [0.3, 0.4) is 0 Å². The van der Waals surface area contributed by atoms with Gasteiger partial charge in [-0.3, -0.25) is 19.8 Å². The monoisotopic (exact) mass is 375 g/mol. The lowest BCUT2D eigenvalue weighted by atomic mass is 10.0. The van der Waals surface area contributed by atoms with E-state index in [1.165, 1.54) is 17.6 Å². The van der Waals surface area contributed by atoms with Crippen molar-refractivity contribution < 1.29 is 19.5 Å². The van der Waals surface area contributed by atoms with E-state index in [4.69, 9.17) is 9.94 Å². The Labute approximate surface area is 160 Å². The van der Waals surface area contributed by atoms with E-state index in [1.54, 1.807) is 12.3 Å². The zero-order valence-electron chi connectivity index (χ0n) is 16.0. The molecule has 7 heteroatoms. The van der Waals surface area contributed by atoms with Crippen LogP contribution in [0, 0.1) is 5.92 Å². The first kappa shape index (κ1) is 21.1. The lowest BCUT2D eigenvalue weighted by Crippen LogP contribution is -2.40. The van der Waals surface area contributed by atoms with E-state index in [9.17, 15) is 9.59 Å². The lowest BCUT2D eigenvalue weighted by molar-refractivity contribution is -0.151. The van der Waals surface area contributed by atoms with E-state index >= 15 is 0 Å². The van der Waals surface area contributed by atoms with E-state index < -0.39 is 5.91 Å². The van der Waals surface area contributed by atoms with Crippen LogP contribution in [-0.4, -0.2) is 34.2 Å². The van der Waals surface area contributed by atoms with Crippen molar-refractivity contribution >= 4 is 18.0 Å². The molecule has 27 heavy (non-hydrogen) atoms.